The van der Waals surface area contributed by atoms with Crippen LogP contribution in [0, 0.1) is 10.1 Å². The van der Waals surface area contributed by atoms with Gasteiger partial charge < -0.3 is 4.74 Å². The molecule has 1 heterocycles. The van der Waals surface area contributed by atoms with Crippen molar-refractivity contribution in [3.8, 4) is 5.75 Å². The average Bonchev–Trinajstić information content (AvgIpc) is 3.30. The standard InChI is InChI=1S/C23H22N4O7S2/c1-34-20-9-11-21(12-10-20)36(32,33)26-23(17-6-4-8-19(14-17)27(28)29)15-22(24-26)16-5-3-7-18(13-16)25-35(2,30)31/h3-14,23,25H,15H2,1-2H3/t23-/m0/s1. The number of hydrogen-bond donors (Lipinski definition) is 1. The van der Waals surface area contributed by atoms with Gasteiger partial charge in [0.1, 0.15) is 5.75 Å². The van der Waals surface area contributed by atoms with E-state index in [9.17, 15) is 26.9 Å². The van der Waals surface area contributed by atoms with Crippen LogP contribution in [0.5, 0.6) is 5.75 Å². The maximum atomic E-state index is 13.6. The van der Waals surface area contributed by atoms with Crippen LogP contribution < -0.4 is 9.46 Å². The molecule has 0 radical (unpaired) electrons. The maximum Gasteiger partial charge on any atom is 0.279 e. The number of sulfonamides is 2. The van der Waals surface area contributed by atoms with Gasteiger partial charge in [0.2, 0.25) is 10.0 Å². The summed E-state index contributed by atoms with van der Waals surface area (Å²) >= 11 is 0. The molecule has 11 nitrogen and oxygen atoms in total. The third kappa shape index (κ3) is 5.31. The molecule has 0 amide bonds. The van der Waals surface area contributed by atoms with E-state index >= 15 is 0 Å². The van der Waals surface area contributed by atoms with E-state index in [-0.39, 0.29) is 17.0 Å². The molecule has 13 heteroatoms. The number of benzene rings is 3. The van der Waals surface area contributed by atoms with E-state index in [0.29, 0.717) is 28.3 Å². The number of non-ortho nitro benzene ring substituents is 1. The summed E-state index contributed by atoms with van der Waals surface area (Å²) in [6.07, 6.45) is 1.13. The molecular weight excluding hydrogens is 508 g/mol. The van der Waals surface area contributed by atoms with Crippen molar-refractivity contribution in [1.29, 1.82) is 0 Å². The van der Waals surface area contributed by atoms with E-state index in [2.05, 4.69) is 9.82 Å². The van der Waals surface area contributed by atoms with Gasteiger partial charge in [0, 0.05) is 24.2 Å². The maximum absolute atomic E-state index is 13.6. The molecule has 0 saturated carbocycles. The van der Waals surface area contributed by atoms with Crippen molar-refractivity contribution in [1.82, 2.24) is 4.41 Å². The van der Waals surface area contributed by atoms with Crippen LogP contribution in [0.15, 0.2) is 82.8 Å². The van der Waals surface area contributed by atoms with Crippen LogP contribution in [0.3, 0.4) is 0 Å². The molecule has 0 aromatic heterocycles. The minimum absolute atomic E-state index is 0.0313. The number of nitro groups is 1. The lowest BCUT2D eigenvalue weighted by molar-refractivity contribution is -0.384. The molecule has 1 aliphatic heterocycles. The smallest absolute Gasteiger partial charge is 0.279 e. The molecule has 3 aromatic rings. The zero-order valence-corrected chi connectivity index (χ0v) is 20.9. The van der Waals surface area contributed by atoms with Gasteiger partial charge in [-0.15, -0.1) is 0 Å². The van der Waals surface area contributed by atoms with Crippen molar-refractivity contribution in [3.63, 3.8) is 0 Å². The first kappa shape index (κ1) is 25.1. The quantitative estimate of drug-likeness (QED) is 0.346. The van der Waals surface area contributed by atoms with Crippen molar-refractivity contribution in [2.24, 2.45) is 5.10 Å². The van der Waals surface area contributed by atoms with Crippen molar-refractivity contribution < 1.29 is 26.5 Å². The number of anilines is 1. The van der Waals surface area contributed by atoms with Gasteiger partial charge in [-0.05, 0) is 47.5 Å². The van der Waals surface area contributed by atoms with Gasteiger partial charge in [-0.1, -0.05) is 24.3 Å². The van der Waals surface area contributed by atoms with Crippen LogP contribution in [-0.4, -0.2) is 45.3 Å². The zero-order valence-electron chi connectivity index (χ0n) is 19.2. The Hall–Kier alpha value is -3.97. The number of nitrogens with one attached hydrogen (secondary N) is 1. The summed E-state index contributed by atoms with van der Waals surface area (Å²) in [5.74, 6) is 0.477. The topological polar surface area (TPSA) is 148 Å². The van der Waals surface area contributed by atoms with Crippen LogP contribution in [-0.2, 0) is 20.0 Å². The lowest BCUT2D eigenvalue weighted by atomic mass is 9.98. The summed E-state index contributed by atoms with van der Waals surface area (Å²) in [6, 6.07) is 17.1. The molecule has 0 aliphatic carbocycles. The molecule has 1 aliphatic rings. The molecule has 36 heavy (non-hydrogen) atoms. The van der Waals surface area contributed by atoms with Crippen molar-refractivity contribution in [3.05, 3.63) is 94.0 Å². The first-order chi connectivity index (χ1) is 17.0. The summed E-state index contributed by atoms with van der Waals surface area (Å²) in [5.41, 5.74) is 1.39. The third-order valence-electron chi connectivity index (χ3n) is 5.44. The summed E-state index contributed by atoms with van der Waals surface area (Å²) in [7, 11) is -6.23. The van der Waals surface area contributed by atoms with Crippen molar-refractivity contribution in [2.75, 3.05) is 18.1 Å². The lowest BCUT2D eigenvalue weighted by Gasteiger charge is -2.23. The van der Waals surface area contributed by atoms with E-state index in [1.165, 1.54) is 49.6 Å². The van der Waals surface area contributed by atoms with Crippen LogP contribution in [0.25, 0.3) is 0 Å². The Morgan fingerprint density at radius 2 is 1.72 bits per heavy atom. The second-order valence-electron chi connectivity index (χ2n) is 8.03. The predicted molar refractivity (Wildman–Crippen MR) is 134 cm³/mol. The second kappa shape index (κ2) is 9.59. The highest BCUT2D eigenvalue weighted by Gasteiger charge is 2.38. The monoisotopic (exact) mass is 530 g/mol. The molecule has 0 fully saturated rings. The van der Waals surface area contributed by atoms with Gasteiger partial charge in [-0.3, -0.25) is 14.8 Å². The van der Waals surface area contributed by atoms with E-state index in [4.69, 9.17) is 4.74 Å². The molecule has 0 bridgehead atoms. The number of nitro benzene ring substituents is 1. The Bertz CT molecular complexity index is 1550. The third-order valence-corrected chi connectivity index (χ3v) is 7.74. The zero-order chi connectivity index (χ0) is 26.1. The fourth-order valence-corrected chi connectivity index (χ4v) is 5.80. The minimum Gasteiger partial charge on any atom is -0.497 e. The predicted octanol–water partition coefficient (Wildman–Crippen LogP) is 3.51. The Labute approximate surface area is 208 Å². The summed E-state index contributed by atoms with van der Waals surface area (Å²) in [6.45, 7) is 0. The van der Waals surface area contributed by atoms with Crippen LogP contribution >= 0.6 is 0 Å². The van der Waals surface area contributed by atoms with Crippen LogP contribution in [0.1, 0.15) is 23.6 Å². The largest absolute Gasteiger partial charge is 0.497 e. The Balaban J connectivity index is 1.80. The molecular formula is C23H22N4O7S2. The van der Waals surface area contributed by atoms with E-state index in [1.807, 2.05) is 0 Å². The highest BCUT2D eigenvalue weighted by Crippen LogP contribution is 2.38. The van der Waals surface area contributed by atoms with Gasteiger partial charge in [-0.2, -0.15) is 17.9 Å². The summed E-state index contributed by atoms with van der Waals surface area (Å²) in [5, 5.41) is 15.7. The van der Waals surface area contributed by atoms with Gasteiger partial charge in [0.05, 0.1) is 34.9 Å². The van der Waals surface area contributed by atoms with Gasteiger partial charge in [0.15, 0.2) is 0 Å². The van der Waals surface area contributed by atoms with Crippen LogP contribution in [0.2, 0.25) is 0 Å². The fraction of sp³-hybridized carbons (Fsp3) is 0.174. The summed E-state index contributed by atoms with van der Waals surface area (Å²) in [4.78, 5) is 10.8. The normalized spacial score (nSPS) is 15.9. The van der Waals surface area contributed by atoms with Gasteiger partial charge in [-0.25, -0.2) is 8.42 Å². The Kier molecular flexibility index (Phi) is 6.69. The first-order valence-electron chi connectivity index (χ1n) is 10.6. The minimum atomic E-state index is -4.17. The number of methoxy groups -OCH3 is 1. The number of ether oxygens (including phenoxy) is 1. The van der Waals surface area contributed by atoms with Crippen molar-refractivity contribution in [2.45, 2.75) is 17.4 Å². The molecule has 0 spiro atoms. The fourth-order valence-electron chi connectivity index (χ4n) is 3.81. The number of hydrogen-bond acceptors (Lipinski definition) is 8. The van der Waals surface area contributed by atoms with E-state index < -0.39 is 31.0 Å². The molecule has 4 rings (SSSR count). The Morgan fingerprint density at radius 3 is 2.36 bits per heavy atom. The Morgan fingerprint density at radius 1 is 1.03 bits per heavy atom. The molecule has 1 atom stereocenters. The van der Waals surface area contributed by atoms with E-state index in [0.717, 1.165) is 10.7 Å². The van der Waals surface area contributed by atoms with Gasteiger partial charge >= 0.3 is 0 Å². The van der Waals surface area contributed by atoms with Crippen molar-refractivity contribution >= 4 is 37.1 Å². The van der Waals surface area contributed by atoms with Gasteiger partial charge in [0.25, 0.3) is 15.7 Å². The molecule has 188 valence electrons. The first-order valence-corrected chi connectivity index (χ1v) is 13.9. The summed E-state index contributed by atoms with van der Waals surface area (Å²) < 4.78 is 59.0. The molecule has 0 saturated heterocycles. The molecule has 1 N–H and O–H groups in total. The van der Waals surface area contributed by atoms with Crippen LogP contribution in [0.4, 0.5) is 11.4 Å². The molecule has 0 unspecified atom stereocenters. The molecule has 3 aromatic carbocycles. The number of hydrazone groups is 1. The average molecular weight is 531 g/mol. The number of rotatable bonds is 8. The second-order valence-corrected chi connectivity index (χ2v) is 11.6. The SMILES string of the molecule is COc1ccc(S(=O)(=O)N2N=C(c3cccc(NS(C)(=O)=O)c3)C[C@H]2c2cccc([N+](=O)[O-])c2)cc1. The highest BCUT2D eigenvalue weighted by atomic mass is 32.2. The van der Waals surface area contributed by atoms with E-state index in [1.54, 1.807) is 30.3 Å². The highest BCUT2D eigenvalue weighted by molar-refractivity contribution is 7.92. The number of nitrogens with zero attached hydrogens (tertiary/aromatic N) is 3. The lowest BCUT2D eigenvalue weighted by Crippen LogP contribution is -2.27.